The van der Waals surface area contributed by atoms with Crippen molar-refractivity contribution in [2.45, 2.75) is 51.9 Å². The third kappa shape index (κ3) is 5.05. The predicted molar refractivity (Wildman–Crippen MR) is 139 cm³/mol. The molecule has 6 aromatic rings. The summed E-state index contributed by atoms with van der Waals surface area (Å²) < 4.78 is 0. The lowest BCUT2D eigenvalue weighted by molar-refractivity contribution is 0.437. The Balaban J connectivity index is 1.11. The molecular weight excluding hydrogens is 512 g/mol. The van der Waals surface area contributed by atoms with Gasteiger partial charge in [-0.2, -0.15) is 19.2 Å². The molecule has 0 spiro atoms. The first-order chi connectivity index (χ1) is 19.8. The molecule has 10 rings (SSSR count). The number of tetrazole rings is 4. The van der Waals surface area contributed by atoms with E-state index in [2.05, 4.69) is 61.6 Å². The fourth-order valence-corrected chi connectivity index (χ4v) is 4.36. The molecule has 0 atom stereocenters. The SMILES string of the molecule is c1cc2ccc1-c1nnn(n1)CCCCn1nnc(n1)-c1ccc(cc1)-c1nnn(n1)CCCCn1nnc-2n1. The van der Waals surface area contributed by atoms with Gasteiger partial charge in [-0.25, -0.2) is 0 Å². The lowest BCUT2D eigenvalue weighted by atomic mass is 10.1. The molecule has 0 N–H and O–H groups in total. The maximum absolute atomic E-state index is 4.52. The van der Waals surface area contributed by atoms with Gasteiger partial charge in [-0.05, 0) is 46.5 Å². The van der Waals surface area contributed by atoms with Gasteiger partial charge in [0.05, 0.1) is 26.2 Å². The van der Waals surface area contributed by atoms with E-state index in [1.54, 1.807) is 19.2 Å². The Hall–Kier alpha value is -5.28. The second-order valence-corrected chi connectivity index (χ2v) is 9.40. The first-order valence-corrected chi connectivity index (χ1v) is 13.1. The predicted octanol–water partition coefficient (Wildman–Crippen LogP) is 1.57. The van der Waals surface area contributed by atoms with Crippen molar-refractivity contribution in [2.24, 2.45) is 0 Å². The van der Waals surface area contributed by atoms with Crippen LogP contribution in [-0.4, -0.2) is 80.8 Å². The van der Waals surface area contributed by atoms with Crippen LogP contribution < -0.4 is 0 Å². The van der Waals surface area contributed by atoms with Gasteiger partial charge in [0, 0.05) is 22.3 Å². The summed E-state index contributed by atoms with van der Waals surface area (Å²) in [6.07, 6.45) is 3.37. The van der Waals surface area contributed by atoms with Crippen LogP contribution in [0.5, 0.6) is 0 Å². The zero-order valence-corrected chi connectivity index (χ0v) is 21.4. The molecule has 8 heterocycles. The second-order valence-electron chi connectivity index (χ2n) is 9.40. The monoisotopic (exact) mass is 536 g/mol. The van der Waals surface area contributed by atoms with Crippen LogP contribution in [0.2, 0.25) is 0 Å². The van der Waals surface area contributed by atoms with E-state index in [1.807, 2.05) is 48.5 Å². The minimum Gasteiger partial charge on any atom is -0.164 e. The van der Waals surface area contributed by atoms with Crippen molar-refractivity contribution in [3.63, 3.8) is 0 Å². The molecule has 0 unspecified atom stereocenters. The zero-order valence-electron chi connectivity index (χ0n) is 21.4. The maximum Gasteiger partial charge on any atom is 0.204 e. The Morgan fingerprint density at radius 1 is 0.350 bits per heavy atom. The highest BCUT2D eigenvalue weighted by molar-refractivity contribution is 5.63. The summed E-state index contributed by atoms with van der Waals surface area (Å²) in [5.41, 5.74) is 3.47. The van der Waals surface area contributed by atoms with Crippen LogP contribution in [0, 0.1) is 0 Å². The minimum absolute atomic E-state index is 0.568. The fraction of sp³-hybridized carbons (Fsp3) is 0.333. The molecule has 2 aromatic carbocycles. The van der Waals surface area contributed by atoms with Crippen molar-refractivity contribution >= 4 is 0 Å². The number of aromatic nitrogens is 16. The van der Waals surface area contributed by atoms with E-state index in [9.17, 15) is 0 Å². The van der Waals surface area contributed by atoms with E-state index < -0.39 is 0 Å². The summed E-state index contributed by atoms with van der Waals surface area (Å²) in [5, 5.41) is 51.7. The lowest BCUT2D eigenvalue weighted by Gasteiger charge is -2.01. The van der Waals surface area contributed by atoms with Gasteiger partial charge >= 0.3 is 0 Å². The van der Waals surface area contributed by atoms with Crippen LogP contribution in [0.25, 0.3) is 45.6 Å². The Morgan fingerprint density at radius 2 is 0.575 bits per heavy atom. The molecule has 0 aliphatic carbocycles. The van der Waals surface area contributed by atoms with Crippen LogP contribution in [0.15, 0.2) is 48.5 Å². The molecule has 200 valence electrons. The Kier molecular flexibility index (Phi) is 6.23. The molecule has 4 aliphatic heterocycles. The molecule has 12 bridgehead atoms. The van der Waals surface area contributed by atoms with Gasteiger partial charge in [-0.15, -0.1) is 40.8 Å². The van der Waals surface area contributed by atoms with Crippen molar-refractivity contribution in [3.05, 3.63) is 48.5 Å². The van der Waals surface area contributed by atoms with Crippen molar-refractivity contribution < 1.29 is 0 Å². The third-order valence-corrected chi connectivity index (χ3v) is 6.55. The molecule has 40 heavy (non-hydrogen) atoms. The first kappa shape index (κ1) is 23.8. The number of aryl methyl sites for hydroxylation is 4. The third-order valence-electron chi connectivity index (χ3n) is 6.55. The highest BCUT2D eigenvalue weighted by Gasteiger charge is 2.12. The highest BCUT2D eigenvalue weighted by Crippen LogP contribution is 2.21. The number of hydrogen-bond donors (Lipinski definition) is 0. The molecule has 0 saturated carbocycles. The van der Waals surface area contributed by atoms with Crippen LogP contribution in [0.4, 0.5) is 0 Å². The Bertz CT molecular complexity index is 1450. The van der Waals surface area contributed by atoms with Crippen LogP contribution >= 0.6 is 0 Å². The molecule has 16 heteroatoms. The van der Waals surface area contributed by atoms with E-state index in [1.165, 1.54) is 0 Å². The molecule has 16 nitrogen and oxygen atoms in total. The van der Waals surface area contributed by atoms with E-state index in [-0.39, 0.29) is 0 Å². The van der Waals surface area contributed by atoms with Crippen molar-refractivity contribution in [1.29, 1.82) is 0 Å². The molecule has 4 aromatic heterocycles. The summed E-state index contributed by atoms with van der Waals surface area (Å²) in [7, 11) is 0. The first-order valence-electron chi connectivity index (χ1n) is 13.1. The van der Waals surface area contributed by atoms with Crippen molar-refractivity contribution in [3.8, 4) is 45.6 Å². The molecule has 0 fully saturated rings. The largest absolute Gasteiger partial charge is 0.204 e. The molecule has 0 saturated heterocycles. The van der Waals surface area contributed by atoms with Gasteiger partial charge in [-0.1, -0.05) is 48.5 Å². The summed E-state index contributed by atoms with van der Waals surface area (Å²) in [5.74, 6) is 2.27. The maximum atomic E-state index is 4.52. The summed E-state index contributed by atoms with van der Waals surface area (Å²) in [6.45, 7) is 2.55. The van der Waals surface area contributed by atoms with E-state index >= 15 is 0 Å². The number of hydrogen-bond acceptors (Lipinski definition) is 12. The highest BCUT2D eigenvalue weighted by atomic mass is 15.6. The quantitative estimate of drug-likeness (QED) is 0.274. The number of nitrogens with zero attached hydrogens (tertiary/aromatic N) is 16. The Morgan fingerprint density at radius 3 is 0.800 bits per heavy atom. The van der Waals surface area contributed by atoms with Crippen molar-refractivity contribution in [1.82, 2.24) is 80.8 Å². The van der Waals surface area contributed by atoms with Gasteiger partial charge in [0.2, 0.25) is 23.3 Å². The minimum atomic E-state index is 0.568. The van der Waals surface area contributed by atoms with Gasteiger partial charge in [0.1, 0.15) is 0 Å². The zero-order chi connectivity index (χ0) is 26.7. The summed E-state index contributed by atoms with van der Waals surface area (Å²) in [6, 6.07) is 15.5. The average molecular weight is 537 g/mol. The number of benzene rings is 2. The molecular formula is C24H24N16. The topological polar surface area (TPSA) is 174 Å². The van der Waals surface area contributed by atoms with Gasteiger partial charge in [0.15, 0.2) is 0 Å². The van der Waals surface area contributed by atoms with Gasteiger partial charge in [0.25, 0.3) is 0 Å². The summed E-state index contributed by atoms with van der Waals surface area (Å²) in [4.78, 5) is 6.45. The molecule has 4 aliphatic rings. The number of rotatable bonds is 0. The smallest absolute Gasteiger partial charge is 0.164 e. The summed E-state index contributed by atoms with van der Waals surface area (Å²) >= 11 is 0. The second kappa shape index (κ2) is 10.5. The average Bonchev–Trinajstić information content (AvgIpc) is 3.81. The standard InChI is InChI=1S/C24H24N16/c1-2-14-38-30-22(26-34-38)18-9-11-20(12-10-18)24-28-36-40(32-24)16-4-3-15-39-31-23(27-35-39)19-7-5-17(6-8-19)21-25-33-37(13-1)29-21/h5-12H,1-4,13-16H2. The molecule has 0 amide bonds. The van der Waals surface area contributed by atoms with Crippen LogP contribution in [0.1, 0.15) is 25.7 Å². The lowest BCUT2D eigenvalue weighted by Crippen LogP contribution is -2.07. The molecule has 0 radical (unpaired) electrons. The van der Waals surface area contributed by atoms with E-state index in [4.69, 9.17) is 0 Å². The van der Waals surface area contributed by atoms with E-state index in [0.717, 1.165) is 47.9 Å². The normalized spacial score (nSPS) is 14.2. The van der Waals surface area contributed by atoms with Gasteiger partial charge in [-0.3, -0.25) is 0 Å². The van der Waals surface area contributed by atoms with Crippen LogP contribution in [0.3, 0.4) is 0 Å². The van der Waals surface area contributed by atoms with Crippen molar-refractivity contribution in [2.75, 3.05) is 0 Å². The van der Waals surface area contributed by atoms with E-state index in [0.29, 0.717) is 49.5 Å². The Labute approximate surface area is 227 Å². The fourth-order valence-electron chi connectivity index (χ4n) is 4.36. The van der Waals surface area contributed by atoms with Gasteiger partial charge < -0.3 is 0 Å². The van der Waals surface area contributed by atoms with Crippen LogP contribution in [-0.2, 0) is 26.2 Å².